The molecule has 0 fully saturated rings. The number of hydrogen-bond donors (Lipinski definition) is 2. The van der Waals surface area contributed by atoms with Crippen molar-refractivity contribution in [2.24, 2.45) is 0 Å². The number of aryl methyl sites for hydroxylation is 1. The smallest absolute Gasteiger partial charge is 0.322 e. The Kier molecular flexibility index (Phi) is 7.57. The molecule has 0 radical (unpaired) electrons. The molecular formula is C25H25Cl2N3O3. The minimum absolute atomic E-state index is 0.00248. The summed E-state index contributed by atoms with van der Waals surface area (Å²) < 4.78 is 5.41. The van der Waals surface area contributed by atoms with Crippen LogP contribution in [0.3, 0.4) is 0 Å². The number of rotatable bonds is 7. The van der Waals surface area contributed by atoms with Crippen molar-refractivity contribution in [2.75, 3.05) is 11.9 Å². The zero-order chi connectivity index (χ0) is 23.2. The normalized spacial score (nSPS) is 14.9. The van der Waals surface area contributed by atoms with Gasteiger partial charge in [0.25, 0.3) is 0 Å². The molecule has 0 saturated carbocycles. The van der Waals surface area contributed by atoms with Crippen molar-refractivity contribution in [3.8, 4) is 0 Å². The second-order valence-corrected chi connectivity index (χ2v) is 8.86. The third-order valence-corrected chi connectivity index (χ3v) is 6.25. The SMILES string of the molecule is O=C(CCN(Cc1ccco1)C(=O)Nc1ccc(Cl)cc1Cl)NC1CCCc2ccccc21. The number of nitrogens with zero attached hydrogens (tertiary/aromatic N) is 1. The molecule has 3 aromatic rings. The summed E-state index contributed by atoms with van der Waals surface area (Å²) in [5.74, 6) is 0.521. The van der Waals surface area contributed by atoms with Gasteiger partial charge in [0.1, 0.15) is 5.76 Å². The van der Waals surface area contributed by atoms with Crippen LogP contribution < -0.4 is 10.6 Å². The van der Waals surface area contributed by atoms with E-state index in [2.05, 4.69) is 22.8 Å². The maximum atomic E-state index is 13.0. The second kappa shape index (κ2) is 10.8. The van der Waals surface area contributed by atoms with Gasteiger partial charge in [-0.15, -0.1) is 0 Å². The number of urea groups is 1. The number of nitrogens with one attached hydrogen (secondary N) is 2. The Morgan fingerprint density at radius 1 is 1.09 bits per heavy atom. The fourth-order valence-corrected chi connectivity index (χ4v) is 4.49. The predicted octanol–water partition coefficient (Wildman–Crippen LogP) is 6.20. The Balaban J connectivity index is 1.40. The van der Waals surface area contributed by atoms with E-state index >= 15 is 0 Å². The molecule has 0 aliphatic heterocycles. The lowest BCUT2D eigenvalue weighted by atomic mass is 9.87. The highest BCUT2D eigenvalue weighted by molar-refractivity contribution is 6.36. The summed E-state index contributed by atoms with van der Waals surface area (Å²) in [6, 6.07) is 16.2. The molecule has 1 aromatic heterocycles. The van der Waals surface area contributed by atoms with Crippen LogP contribution in [0.15, 0.2) is 65.3 Å². The van der Waals surface area contributed by atoms with Gasteiger partial charge >= 0.3 is 6.03 Å². The molecule has 0 bridgehead atoms. The minimum atomic E-state index is -0.383. The van der Waals surface area contributed by atoms with Crippen LogP contribution in [0, 0.1) is 0 Å². The largest absolute Gasteiger partial charge is 0.467 e. The number of halogens is 2. The second-order valence-electron chi connectivity index (χ2n) is 8.02. The molecule has 4 rings (SSSR count). The molecule has 1 atom stereocenters. The first kappa shape index (κ1) is 23.2. The average Bonchev–Trinajstić information content (AvgIpc) is 3.32. The molecule has 1 aliphatic rings. The molecule has 2 N–H and O–H groups in total. The van der Waals surface area contributed by atoms with Crippen LogP contribution in [-0.2, 0) is 17.8 Å². The number of carbonyl (C=O) groups is 2. The van der Waals surface area contributed by atoms with E-state index in [-0.39, 0.29) is 37.5 Å². The van der Waals surface area contributed by atoms with Gasteiger partial charge in [0.2, 0.25) is 5.91 Å². The summed E-state index contributed by atoms with van der Waals surface area (Å²) in [4.78, 5) is 27.3. The van der Waals surface area contributed by atoms with Crippen LogP contribution in [0.2, 0.25) is 10.0 Å². The van der Waals surface area contributed by atoms with Crippen LogP contribution in [0.1, 0.15) is 42.2 Å². The van der Waals surface area contributed by atoms with Crippen molar-refractivity contribution in [1.82, 2.24) is 10.2 Å². The van der Waals surface area contributed by atoms with Crippen LogP contribution >= 0.6 is 23.2 Å². The van der Waals surface area contributed by atoms with Gasteiger partial charge in [-0.2, -0.15) is 0 Å². The molecule has 6 nitrogen and oxygen atoms in total. The molecule has 1 aliphatic carbocycles. The Morgan fingerprint density at radius 3 is 2.73 bits per heavy atom. The summed E-state index contributed by atoms with van der Waals surface area (Å²) in [6.45, 7) is 0.446. The van der Waals surface area contributed by atoms with Crippen molar-refractivity contribution in [1.29, 1.82) is 0 Å². The van der Waals surface area contributed by atoms with E-state index in [1.807, 2.05) is 12.1 Å². The lowest BCUT2D eigenvalue weighted by molar-refractivity contribution is -0.122. The number of fused-ring (bicyclic) bond motifs is 1. The van der Waals surface area contributed by atoms with Gasteiger partial charge in [0, 0.05) is 18.0 Å². The van der Waals surface area contributed by atoms with E-state index in [4.69, 9.17) is 27.6 Å². The van der Waals surface area contributed by atoms with Gasteiger partial charge in [-0.1, -0.05) is 47.5 Å². The van der Waals surface area contributed by atoms with Crippen molar-refractivity contribution < 1.29 is 14.0 Å². The number of amides is 3. The molecule has 0 saturated heterocycles. The van der Waals surface area contributed by atoms with Crippen molar-refractivity contribution in [2.45, 2.75) is 38.3 Å². The third kappa shape index (κ3) is 6.09. The molecule has 1 heterocycles. The Hall–Kier alpha value is -2.96. The molecule has 8 heteroatoms. The first-order valence-corrected chi connectivity index (χ1v) is 11.7. The van der Waals surface area contributed by atoms with E-state index < -0.39 is 0 Å². The van der Waals surface area contributed by atoms with E-state index in [0.29, 0.717) is 21.5 Å². The van der Waals surface area contributed by atoms with E-state index in [9.17, 15) is 9.59 Å². The maximum Gasteiger partial charge on any atom is 0.322 e. The van der Waals surface area contributed by atoms with Crippen molar-refractivity contribution >= 4 is 40.8 Å². The standard InChI is InChI=1S/C25H25Cl2N3O3/c26-18-10-11-23(21(27)15-18)29-25(32)30(16-19-7-4-14-33-19)13-12-24(31)28-22-9-3-6-17-5-1-2-8-20(17)22/h1-2,4-5,7-8,10-11,14-15,22H,3,6,9,12-13,16H2,(H,28,31)(H,29,32). The molecule has 0 spiro atoms. The fourth-order valence-electron chi connectivity index (χ4n) is 4.04. The summed E-state index contributed by atoms with van der Waals surface area (Å²) in [7, 11) is 0. The van der Waals surface area contributed by atoms with Gasteiger partial charge in [-0.05, 0) is 60.7 Å². The average molecular weight is 486 g/mol. The topological polar surface area (TPSA) is 74.6 Å². The highest BCUT2D eigenvalue weighted by Gasteiger charge is 2.23. The summed E-state index contributed by atoms with van der Waals surface area (Å²) >= 11 is 12.1. The molecule has 33 heavy (non-hydrogen) atoms. The first-order chi connectivity index (χ1) is 16.0. The van der Waals surface area contributed by atoms with Gasteiger partial charge < -0.3 is 20.0 Å². The quantitative estimate of drug-likeness (QED) is 0.417. The molecule has 3 amide bonds. The highest BCUT2D eigenvalue weighted by atomic mass is 35.5. The Labute approximate surface area is 202 Å². The summed E-state index contributed by atoms with van der Waals surface area (Å²) in [5, 5.41) is 6.74. The fraction of sp³-hybridized carbons (Fsp3) is 0.280. The van der Waals surface area contributed by atoms with Crippen molar-refractivity contribution in [3.05, 3.63) is 87.8 Å². The zero-order valence-corrected chi connectivity index (χ0v) is 19.5. The van der Waals surface area contributed by atoms with Crippen LogP contribution in [0.4, 0.5) is 10.5 Å². The number of benzene rings is 2. The van der Waals surface area contributed by atoms with E-state index in [0.717, 1.165) is 19.3 Å². The van der Waals surface area contributed by atoms with Gasteiger partial charge in [0.15, 0.2) is 0 Å². The van der Waals surface area contributed by atoms with Crippen LogP contribution in [0.25, 0.3) is 0 Å². The lowest BCUT2D eigenvalue weighted by Crippen LogP contribution is -2.38. The summed E-state index contributed by atoms with van der Waals surface area (Å²) in [5.41, 5.74) is 2.91. The third-order valence-electron chi connectivity index (χ3n) is 5.70. The minimum Gasteiger partial charge on any atom is -0.467 e. The monoisotopic (exact) mass is 485 g/mol. The van der Waals surface area contributed by atoms with Crippen molar-refractivity contribution in [3.63, 3.8) is 0 Å². The predicted molar refractivity (Wildman–Crippen MR) is 129 cm³/mol. The zero-order valence-electron chi connectivity index (χ0n) is 18.0. The summed E-state index contributed by atoms with van der Waals surface area (Å²) in [6.07, 6.45) is 4.70. The van der Waals surface area contributed by atoms with E-state index in [1.54, 1.807) is 36.6 Å². The number of carbonyl (C=O) groups excluding carboxylic acids is 2. The lowest BCUT2D eigenvalue weighted by Gasteiger charge is -2.27. The molecule has 172 valence electrons. The number of furan rings is 1. The van der Waals surface area contributed by atoms with Gasteiger partial charge in [0.05, 0.1) is 29.6 Å². The van der Waals surface area contributed by atoms with E-state index in [1.165, 1.54) is 16.0 Å². The molecule has 1 unspecified atom stereocenters. The van der Waals surface area contributed by atoms with Crippen LogP contribution in [-0.4, -0.2) is 23.4 Å². The highest BCUT2D eigenvalue weighted by Crippen LogP contribution is 2.29. The first-order valence-electron chi connectivity index (χ1n) is 10.9. The van der Waals surface area contributed by atoms with Gasteiger partial charge in [-0.25, -0.2) is 4.79 Å². The van der Waals surface area contributed by atoms with Crippen LogP contribution in [0.5, 0.6) is 0 Å². The Bertz CT molecular complexity index is 1120. The Morgan fingerprint density at radius 2 is 1.94 bits per heavy atom. The maximum absolute atomic E-state index is 13.0. The van der Waals surface area contributed by atoms with Gasteiger partial charge in [-0.3, -0.25) is 4.79 Å². The molecular weight excluding hydrogens is 461 g/mol. The number of hydrogen-bond acceptors (Lipinski definition) is 3. The number of anilines is 1. The molecule has 2 aromatic carbocycles.